The lowest BCUT2D eigenvalue weighted by Gasteiger charge is -2.13. The van der Waals surface area contributed by atoms with E-state index in [4.69, 9.17) is 10.00 Å². The van der Waals surface area contributed by atoms with Crippen LogP contribution >= 0.6 is 0 Å². The van der Waals surface area contributed by atoms with Gasteiger partial charge in [0.2, 0.25) is 5.82 Å². The zero-order valence-corrected chi connectivity index (χ0v) is 13.4. The summed E-state index contributed by atoms with van der Waals surface area (Å²) in [5, 5.41) is 21.7. The second kappa shape index (κ2) is 7.85. The number of halogens is 1. The minimum Gasteiger partial charge on any atom is -0.449 e. The fraction of sp³-hybridized carbons (Fsp3) is 0.118. The van der Waals surface area contributed by atoms with Crippen LogP contribution in [0.1, 0.15) is 22.8 Å². The van der Waals surface area contributed by atoms with Gasteiger partial charge in [-0.25, -0.2) is 4.79 Å². The molecule has 0 fully saturated rings. The summed E-state index contributed by atoms with van der Waals surface area (Å²) in [5.74, 6) is -2.55. The molecule has 2 aromatic carbocycles. The number of nitrogens with zero attached hydrogens (tertiary/aromatic N) is 2. The molecule has 0 aliphatic heterocycles. The van der Waals surface area contributed by atoms with Crippen molar-refractivity contribution >= 4 is 23.3 Å². The van der Waals surface area contributed by atoms with Gasteiger partial charge in [-0.2, -0.15) is 9.65 Å². The van der Waals surface area contributed by atoms with Crippen molar-refractivity contribution in [2.24, 2.45) is 0 Å². The first kappa shape index (κ1) is 18.5. The average molecular weight is 357 g/mol. The second-order valence-electron chi connectivity index (χ2n) is 5.15. The predicted molar refractivity (Wildman–Crippen MR) is 87.7 cm³/mol. The van der Waals surface area contributed by atoms with Gasteiger partial charge in [-0.05, 0) is 43.3 Å². The summed E-state index contributed by atoms with van der Waals surface area (Å²) in [6, 6.07) is 10.4. The number of benzene rings is 2. The molecule has 0 bridgehead atoms. The average Bonchev–Trinajstić information content (AvgIpc) is 2.62. The number of anilines is 1. The number of rotatable bonds is 5. The Morgan fingerprint density at radius 1 is 1.27 bits per heavy atom. The third kappa shape index (κ3) is 4.39. The molecule has 0 saturated heterocycles. The molecule has 132 valence electrons. The van der Waals surface area contributed by atoms with Crippen LogP contribution in [0, 0.1) is 27.3 Å². The molecule has 1 amide bonds. The van der Waals surface area contributed by atoms with Gasteiger partial charge in [-0.15, -0.1) is 0 Å². The fourth-order valence-corrected chi connectivity index (χ4v) is 1.94. The molecule has 2 rings (SSSR count). The first-order valence-electron chi connectivity index (χ1n) is 7.27. The smallest absolute Gasteiger partial charge is 0.338 e. The Balaban J connectivity index is 2.03. The van der Waals surface area contributed by atoms with Gasteiger partial charge in [0, 0.05) is 11.8 Å². The largest absolute Gasteiger partial charge is 0.449 e. The van der Waals surface area contributed by atoms with E-state index in [1.54, 1.807) is 0 Å². The molecule has 0 saturated carbocycles. The summed E-state index contributed by atoms with van der Waals surface area (Å²) in [4.78, 5) is 33.8. The number of amides is 1. The lowest BCUT2D eigenvalue weighted by Crippen LogP contribution is -2.30. The van der Waals surface area contributed by atoms with E-state index in [2.05, 4.69) is 5.32 Å². The monoisotopic (exact) mass is 357 g/mol. The molecule has 26 heavy (non-hydrogen) atoms. The van der Waals surface area contributed by atoms with Gasteiger partial charge in [0.25, 0.3) is 5.91 Å². The minimum atomic E-state index is -1.21. The normalized spacial score (nSPS) is 11.1. The lowest BCUT2D eigenvalue weighted by molar-refractivity contribution is -0.387. The van der Waals surface area contributed by atoms with Crippen LogP contribution in [0.5, 0.6) is 0 Å². The highest BCUT2D eigenvalue weighted by molar-refractivity contribution is 5.97. The molecule has 0 unspecified atom stereocenters. The molecule has 0 aromatic heterocycles. The maximum absolute atomic E-state index is 13.3. The Kier molecular flexibility index (Phi) is 5.60. The van der Waals surface area contributed by atoms with Crippen molar-refractivity contribution in [2.45, 2.75) is 13.0 Å². The SMILES string of the molecule is C[C@H](OC(=O)c1ccc(C#N)cc1)C(=O)Nc1ccc(F)c([N+](=O)[O-])c1. The highest BCUT2D eigenvalue weighted by atomic mass is 19.1. The molecule has 1 atom stereocenters. The van der Waals surface area contributed by atoms with Gasteiger partial charge in [0.15, 0.2) is 6.10 Å². The topological polar surface area (TPSA) is 122 Å². The van der Waals surface area contributed by atoms with Gasteiger partial charge < -0.3 is 10.1 Å². The van der Waals surface area contributed by atoms with E-state index in [1.165, 1.54) is 31.2 Å². The Morgan fingerprint density at radius 2 is 1.92 bits per heavy atom. The zero-order chi connectivity index (χ0) is 19.3. The van der Waals surface area contributed by atoms with Crippen LogP contribution < -0.4 is 5.32 Å². The van der Waals surface area contributed by atoms with E-state index < -0.39 is 34.4 Å². The second-order valence-corrected chi connectivity index (χ2v) is 5.15. The van der Waals surface area contributed by atoms with E-state index in [-0.39, 0.29) is 11.3 Å². The van der Waals surface area contributed by atoms with Gasteiger partial charge in [0.1, 0.15) is 0 Å². The number of nitrogens with one attached hydrogen (secondary N) is 1. The summed E-state index contributed by atoms with van der Waals surface area (Å²) in [6.07, 6.45) is -1.21. The van der Waals surface area contributed by atoms with Crippen LogP contribution in [0.3, 0.4) is 0 Å². The van der Waals surface area contributed by atoms with E-state index >= 15 is 0 Å². The summed E-state index contributed by atoms with van der Waals surface area (Å²) < 4.78 is 18.3. The molecule has 2 aromatic rings. The van der Waals surface area contributed by atoms with E-state index in [1.807, 2.05) is 6.07 Å². The van der Waals surface area contributed by atoms with Crippen molar-refractivity contribution < 1.29 is 23.6 Å². The Hall–Kier alpha value is -3.80. The third-order valence-electron chi connectivity index (χ3n) is 3.31. The molecule has 0 spiro atoms. The highest BCUT2D eigenvalue weighted by Crippen LogP contribution is 2.21. The van der Waals surface area contributed by atoms with Crippen molar-refractivity contribution in [3.05, 3.63) is 69.5 Å². The van der Waals surface area contributed by atoms with Crippen LogP contribution in [0.2, 0.25) is 0 Å². The molecule has 0 radical (unpaired) electrons. The van der Waals surface area contributed by atoms with Crippen LogP contribution in [-0.2, 0) is 9.53 Å². The predicted octanol–water partition coefficient (Wildman–Crippen LogP) is 2.79. The number of carbonyl (C=O) groups excluding carboxylic acids is 2. The summed E-state index contributed by atoms with van der Waals surface area (Å²) in [6.45, 7) is 1.31. The first-order chi connectivity index (χ1) is 12.3. The molecule has 1 N–H and O–H groups in total. The van der Waals surface area contributed by atoms with Gasteiger partial charge >= 0.3 is 11.7 Å². The molecular formula is C17H12FN3O5. The van der Waals surface area contributed by atoms with E-state index in [0.717, 1.165) is 18.2 Å². The lowest BCUT2D eigenvalue weighted by atomic mass is 10.1. The van der Waals surface area contributed by atoms with Crippen LogP contribution in [-0.4, -0.2) is 22.9 Å². The van der Waals surface area contributed by atoms with Crippen molar-refractivity contribution in [1.82, 2.24) is 0 Å². The van der Waals surface area contributed by atoms with Gasteiger partial charge in [0.05, 0.1) is 22.1 Å². The number of nitro benzene ring substituents is 1. The quantitative estimate of drug-likeness (QED) is 0.499. The Labute approximate surface area is 147 Å². The van der Waals surface area contributed by atoms with Crippen molar-refractivity contribution in [3.63, 3.8) is 0 Å². The van der Waals surface area contributed by atoms with E-state index in [9.17, 15) is 24.1 Å². The molecular weight excluding hydrogens is 345 g/mol. The van der Waals surface area contributed by atoms with Gasteiger partial charge in [-0.3, -0.25) is 14.9 Å². The number of nitriles is 1. The first-order valence-corrected chi connectivity index (χ1v) is 7.27. The molecule has 0 heterocycles. The number of ether oxygens (including phenoxy) is 1. The Morgan fingerprint density at radius 3 is 2.50 bits per heavy atom. The van der Waals surface area contributed by atoms with Crippen molar-refractivity contribution in [2.75, 3.05) is 5.32 Å². The third-order valence-corrected chi connectivity index (χ3v) is 3.31. The van der Waals surface area contributed by atoms with Crippen molar-refractivity contribution in [1.29, 1.82) is 5.26 Å². The summed E-state index contributed by atoms with van der Waals surface area (Å²) in [7, 11) is 0. The van der Waals surface area contributed by atoms with Crippen molar-refractivity contribution in [3.8, 4) is 6.07 Å². The number of hydrogen-bond acceptors (Lipinski definition) is 6. The fourth-order valence-electron chi connectivity index (χ4n) is 1.94. The molecule has 9 heteroatoms. The van der Waals surface area contributed by atoms with Crippen LogP contribution in [0.15, 0.2) is 42.5 Å². The molecule has 0 aliphatic rings. The standard InChI is InChI=1S/C17H12FN3O5/c1-10(26-17(23)12-4-2-11(9-19)3-5-12)16(22)20-13-6-7-14(18)15(8-13)21(24)25/h2-8,10H,1H3,(H,20,22)/t10-/m0/s1. The molecule has 0 aliphatic carbocycles. The maximum Gasteiger partial charge on any atom is 0.338 e. The molecule has 8 nitrogen and oxygen atoms in total. The van der Waals surface area contributed by atoms with Crippen LogP contribution in [0.4, 0.5) is 15.8 Å². The van der Waals surface area contributed by atoms with E-state index in [0.29, 0.717) is 5.56 Å². The van der Waals surface area contributed by atoms with Gasteiger partial charge in [-0.1, -0.05) is 0 Å². The summed E-state index contributed by atoms with van der Waals surface area (Å²) >= 11 is 0. The number of hydrogen-bond donors (Lipinski definition) is 1. The number of esters is 1. The number of nitro groups is 1. The Bertz CT molecular complexity index is 906. The zero-order valence-electron chi connectivity index (χ0n) is 13.4. The number of carbonyl (C=O) groups is 2. The highest BCUT2D eigenvalue weighted by Gasteiger charge is 2.21. The summed E-state index contributed by atoms with van der Waals surface area (Å²) in [5.41, 5.74) is -0.277. The van der Waals surface area contributed by atoms with Crippen LogP contribution in [0.25, 0.3) is 0 Å². The minimum absolute atomic E-state index is 0.00984. The maximum atomic E-state index is 13.3.